The summed E-state index contributed by atoms with van der Waals surface area (Å²) in [6, 6.07) is 5.78. The molecule has 96 valence electrons. The van der Waals surface area contributed by atoms with E-state index in [1.54, 1.807) is 16.2 Å². The lowest BCUT2D eigenvalue weighted by Crippen LogP contribution is -2.25. The molecular formula is C13H14ClNOS2. The van der Waals surface area contributed by atoms with E-state index < -0.39 is 0 Å². The molecule has 0 bridgehead atoms. The van der Waals surface area contributed by atoms with Gasteiger partial charge in [-0.15, -0.1) is 22.7 Å². The average Bonchev–Trinajstić information content (AvgIpc) is 2.84. The first-order valence-electron chi connectivity index (χ1n) is 5.54. The Balaban J connectivity index is 2.11. The summed E-state index contributed by atoms with van der Waals surface area (Å²) in [6.45, 7) is 4.61. The lowest BCUT2D eigenvalue weighted by molar-refractivity contribution is 0.0786. The van der Waals surface area contributed by atoms with Crippen molar-refractivity contribution < 1.29 is 4.79 Å². The fraction of sp³-hybridized carbons (Fsp3) is 0.308. The van der Waals surface area contributed by atoms with Gasteiger partial charge in [0.1, 0.15) is 0 Å². The van der Waals surface area contributed by atoms with Crippen molar-refractivity contribution in [1.82, 2.24) is 4.90 Å². The van der Waals surface area contributed by atoms with Gasteiger partial charge in [0.05, 0.1) is 16.4 Å². The minimum atomic E-state index is 0.0707. The van der Waals surface area contributed by atoms with Gasteiger partial charge in [-0.05, 0) is 32.0 Å². The lowest BCUT2D eigenvalue weighted by atomic mass is 10.2. The molecule has 0 fully saturated rings. The third-order valence-corrected chi connectivity index (χ3v) is 4.82. The summed E-state index contributed by atoms with van der Waals surface area (Å²) in [5, 5.41) is 0. The number of thiophene rings is 2. The normalized spacial score (nSPS) is 10.7. The molecule has 2 aromatic rings. The molecule has 0 atom stereocenters. The van der Waals surface area contributed by atoms with Crippen LogP contribution >= 0.6 is 34.3 Å². The number of halogens is 1. The minimum Gasteiger partial charge on any atom is -0.337 e. The minimum absolute atomic E-state index is 0.0707. The van der Waals surface area contributed by atoms with Crippen LogP contribution in [-0.4, -0.2) is 17.9 Å². The second-order valence-corrected chi connectivity index (χ2v) is 7.45. The van der Waals surface area contributed by atoms with E-state index in [0.29, 0.717) is 6.54 Å². The number of hydrogen-bond acceptors (Lipinski definition) is 3. The van der Waals surface area contributed by atoms with Crippen molar-refractivity contribution in [3.63, 3.8) is 0 Å². The Kier molecular flexibility index (Phi) is 4.10. The predicted molar refractivity (Wildman–Crippen MR) is 78.9 cm³/mol. The molecule has 0 spiro atoms. The van der Waals surface area contributed by atoms with Gasteiger partial charge in [-0.25, -0.2) is 0 Å². The first kappa shape index (κ1) is 13.6. The molecule has 0 saturated carbocycles. The highest BCUT2D eigenvalue weighted by Gasteiger charge is 2.16. The van der Waals surface area contributed by atoms with E-state index in [1.165, 1.54) is 16.2 Å². The standard InChI is InChI=1S/C13H14ClNOS2/c1-8-6-11(9(2)17-8)13(16)15(3)7-10-4-5-12(14)18-10/h4-6H,7H2,1-3H3. The second kappa shape index (κ2) is 5.43. The number of hydrogen-bond donors (Lipinski definition) is 0. The SMILES string of the molecule is Cc1cc(C(=O)N(C)Cc2ccc(Cl)s2)c(C)s1. The summed E-state index contributed by atoms with van der Waals surface area (Å²) in [4.78, 5) is 17.4. The van der Waals surface area contributed by atoms with Crippen molar-refractivity contribution in [3.05, 3.63) is 42.7 Å². The summed E-state index contributed by atoms with van der Waals surface area (Å²) in [6.07, 6.45) is 0. The van der Waals surface area contributed by atoms with Crippen molar-refractivity contribution in [2.75, 3.05) is 7.05 Å². The molecule has 0 saturated heterocycles. The Morgan fingerprint density at radius 2 is 2.06 bits per heavy atom. The van der Waals surface area contributed by atoms with E-state index in [-0.39, 0.29) is 5.91 Å². The van der Waals surface area contributed by atoms with E-state index in [0.717, 1.165) is 19.7 Å². The summed E-state index contributed by atoms with van der Waals surface area (Å²) >= 11 is 9.06. The van der Waals surface area contributed by atoms with Crippen LogP contribution in [-0.2, 0) is 6.54 Å². The number of carbonyl (C=O) groups excluding carboxylic acids is 1. The first-order chi connectivity index (χ1) is 8.47. The molecule has 0 unspecified atom stereocenters. The predicted octanol–water partition coefficient (Wildman–Crippen LogP) is 4.35. The smallest absolute Gasteiger partial charge is 0.255 e. The topological polar surface area (TPSA) is 20.3 Å². The molecule has 2 heterocycles. The van der Waals surface area contributed by atoms with Crippen molar-refractivity contribution in [1.29, 1.82) is 0 Å². The highest BCUT2D eigenvalue weighted by molar-refractivity contribution is 7.16. The van der Waals surface area contributed by atoms with Crippen molar-refractivity contribution in [2.24, 2.45) is 0 Å². The van der Waals surface area contributed by atoms with Crippen LogP contribution in [0.3, 0.4) is 0 Å². The van der Waals surface area contributed by atoms with Gasteiger partial charge in [-0.1, -0.05) is 11.6 Å². The molecule has 0 aliphatic carbocycles. The van der Waals surface area contributed by atoms with Crippen molar-refractivity contribution in [3.8, 4) is 0 Å². The maximum absolute atomic E-state index is 12.3. The number of aryl methyl sites for hydroxylation is 2. The zero-order valence-electron chi connectivity index (χ0n) is 10.5. The third kappa shape index (κ3) is 2.94. The van der Waals surface area contributed by atoms with E-state index in [2.05, 4.69) is 0 Å². The van der Waals surface area contributed by atoms with Gasteiger partial charge in [-0.2, -0.15) is 0 Å². The molecule has 0 aromatic carbocycles. The summed E-state index contributed by atoms with van der Waals surface area (Å²) in [5.74, 6) is 0.0707. The zero-order chi connectivity index (χ0) is 13.3. The monoisotopic (exact) mass is 299 g/mol. The van der Waals surface area contributed by atoms with E-state index in [4.69, 9.17) is 11.6 Å². The van der Waals surface area contributed by atoms with Gasteiger partial charge in [-0.3, -0.25) is 4.79 Å². The van der Waals surface area contributed by atoms with Crippen molar-refractivity contribution in [2.45, 2.75) is 20.4 Å². The van der Waals surface area contributed by atoms with Crippen LogP contribution in [0.15, 0.2) is 18.2 Å². The zero-order valence-corrected chi connectivity index (χ0v) is 12.9. The third-order valence-electron chi connectivity index (χ3n) is 2.64. The fourth-order valence-electron chi connectivity index (χ4n) is 1.79. The first-order valence-corrected chi connectivity index (χ1v) is 7.55. The number of amides is 1. The highest BCUT2D eigenvalue weighted by atomic mass is 35.5. The van der Waals surface area contributed by atoms with E-state index in [1.807, 2.05) is 39.1 Å². The lowest BCUT2D eigenvalue weighted by Gasteiger charge is -2.15. The Hall–Kier alpha value is -0.840. The second-order valence-electron chi connectivity index (χ2n) is 4.19. The highest BCUT2D eigenvalue weighted by Crippen LogP contribution is 2.25. The van der Waals surface area contributed by atoms with Crippen molar-refractivity contribution >= 4 is 40.2 Å². The van der Waals surface area contributed by atoms with Crippen LogP contribution in [0, 0.1) is 13.8 Å². The Morgan fingerprint density at radius 1 is 1.33 bits per heavy atom. The number of nitrogens with zero attached hydrogens (tertiary/aromatic N) is 1. The summed E-state index contributed by atoms with van der Waals surface area (Å²) < 4.78 is 0.758. The Morgan fingerprint density at radius 3 is 2.56 bits per heavy atom. The van der Waals surface area contributed by atoms with Gasteiger partial charge in [0.15, 0.2) is 0 Å². The summed E-state index contributed by atoms with van der Waals surface area (Å²) in [7, 11) is 1.82. The van der Waals surface area contributed by atoms with Crippen LogP contribution in [0.2, 0.25) is 4.34 Å². The fourth-order valence-corrected chi connectivity index (χ4v) is 3.85. The van der Waals surface area contributed by atoms with Gasteiger partial charge < -0.3 is 4.90 Å². The summed E-state index contributed by atoms with van der Waals surface area (Å²) in [5.41, 5.74) is 0.808. The molecule has 0 aliphatic heterocycles. The molecule has 0 radical (unpaired) electrons. The van der Waals surface area contributed by atoms with E-state index >= 15 is 0 Å². The Bertz CT molecular complexity index is 573. The van der Waals surface area contributed by atoms with Gasteiger partial charge >= 0.3 is 0 Å². The van der Waals surface area contributed by atoms with Crippen LogP contribution < -0.4 is 0 Å². The quantitative estimate of drug-likeness (QED) is 0.825. The maximum atomic E-state index is 12.3. The van der Waals surface area contributed by atoms with Gasteiger partial charge in [0.25, 0.3) is 5.91 Å². The molecule has 18 heavy (non-hydrogen) atoms. The molecule has 2 aromatic heterocycles. The van der Waals surface area contributed by atoms with E-state index in [9.17, 15) is 4.79 Å². The van der Waals surface area contributed by atoms with Crippen LogP contribution in [0.4, 0.5) is 0 Å². The van der Waals surface area contributed by atoms with Crippen LogP contribution in [0.5, 0.6) is 0 Å². The van der Waals surface area contributed by atoms with Gasteiger partial charge in [0.2, 0.25) is 0 Å². The van der Waals surface area contributed by atoms with Crippen LogP contribution in [0.25, 0.3) is 0 Å². The molecule has 0 aliphatic rings. The maximum Gasteiger partial charge on any atom is 0.255 e. The van der Waals surface area contributed by atoms with Crippen LogP contribution in [0.1, 0.15) is 25.0 Å². The molecule has 1 amide bonds. The molecule has 5 heteroatoms. The molecule has 2 nitrogen and oxygen atoms in total. The number of rotatable bonds is 3. The van der Waals surface area contributed by atoms with Gasteiger partial charge in [0, 0.05) is 21.7 Å². The number of carbonyl (C=O) groups is 1. The largest absolute Gasteiger partial charge is 0.337 e. The molecule has 2 rings (SSSR count). The Labute approximate surface area is 120 Å². The average molecular weight is 300 g/mol. The molecular weight excluding hydrogens is 286 g/mol. The molecule has 0 N–H and O–H groups in total.